The van der Waals surface area contributed by atoms with Crippen molar-refractivity contribution in [2.45, 2.75) is 0 Å². The number of carbonyl (C=O) groups is 1. The highest BCUT2D eigenvalue weighted by atomic mass is 35.5. The van der Waals surface area contributed by atoms with E-state index in [-0.39, 0.29) is 10.6 Å². The van der Waals surface area contributed by atoms with Gasteiger partial charge < -0.3 is 9.52 Å². The maximum absolute atomic E-state index is 10.8. The molecule has 0 amide bonds. The van der Waals surface area contributed by atoms with Gasteiger partial charge in [0.2, 0.25) is 0 Å². The molecule has 2 aromatic rings. The minimum Gasteiger partial charge on any atom is -0.478 e. The van der Waals surface area contributed by atoms with Crippen molar-refractivity contribution in [2.24, 2.45) is 0 Å². The molecule has 0 aliphatic rings. The summed E-state index contributed by atoms with van der Waals surface area (Å²) < 4.78 is 4.81. The Morgan fingerprint density at radius 1 is 1.47 bits per heavy atom. The van der Waals surface area contributed by atoms with E-state index in [1.165, 1.54) is 24.8 Å². The van der Waals surface area contributed by atoms with Crippen LogP contribution < -0.4 is 0 Å². The molecule has 15 heavy (non-hydrogen) atoms. The molecule has 1 heterocycles. The van der Waals surface area contributed by atoms with Crippen LogP contribution in [0.25, 0.3) is 11.3 Å². The van der Waals surface area contributed by atoms with Crippen LogP contribution in [0.4, 0.5) is 0 Å². The van der Waals surface area contributed by atoms with Crippen LogP contribution in [-0.4, -0.2) is 16.1 Å². The van der Waals surface area contributed by atoms with Crippen molar-refractivity contribution in [1.29, 1.82) is 0 Å². The molecule has 0 fully saturated rings. The third kappa shape index (κ3) is 1.85. The van der Waals surface area contributed by atoms with Gasteiger partial charge in [-0.15, -0.1) is 0 Å². The fourth-order valence-corrected chi connectivity index (χ4v) is 1.40. The lowest BCUT2D eigenvalue weighted by Crippen LogP contribution is -1.97. The first-order valence-electron chi connectivity index (χ1n) is 4.10. The Hall–Kier alpha value is -1.81. The summed E-state index contributed by atoms with van der Waals surface area (Å²) in [7, 11) is 0. The van der Waals surface area contributed by atoms with Gasteiger partial charge in [0.25, 0.3) is 0 Å². The summed E-state index contributed by atoms with van der Waals surface area (Å²) >= 11 is 5.73. The number of halogens is 1. The average Bonchev–Trinajstić information content (AvgIpc) is 2.71. The standard InChI is InChI=1S/C10H6ClNO3/c11-8-2-1-6(3-7(8)10(13)14)9-4-15-5-12-9/h1-5H,(H,13,14). The van der Waals surface area contributed by atoms with Crippen LogP contribution in [0.1, 0.15) is 10.4 Å². The molecule has 1 aromatic heterocycles. The van der Waals surface area contributed by atoms with Crippen molar-refractivity contribution in [1.82, 2.24) is 4.98 Å². The molecule has 0 spiro atoms. The Morgan fingerprint density at radius 3 is 2.87 bits per heavy atom. The van der Waals surface area contributed by atoms with Crippen molar-refractivity contribution < 1.29 is 14.3 Å². The first-order valence-corrected chi connectivity index (χ1v) is 4.47. The second-order valence-electron chi connectivity index (χ2n) is 2.87. The summed E-state index contributed by atoms with van der Waals surface area (Å²) in [6.07, 6.45) is 2.72. The molecule has 0 atom stereocenters. The number of aromatic carboxylic acids is 1. The molecule has 0 saturated carbocycles. The summed E-state index contributed by atoms with van der Waals surface area (Å²) in [5, 5.41) is 9.06. The highest BCUT2D eigenvalue weighted by Crippen LogP contribution is 2.23. The molecule has 1 aromatic carbocycles. The number of carboxylic acid groups (broad SMARTS) is 1. The SMILES string of the molecule is O=C(O)c1cc(-c2cocn2)ccc1Cl. The van der Waals surface area contributed by atoms with E-state index in [0.717, 1.165) is 0 Å². The molecule has 0 saturated heterocycles. The Bertz CT molecular complexity index is 493. The van der Waals surface area contributed by atoms with Crippen LogP contribution in [0.15, 0.2) is 35.3 Å². The summed E-state index contributed by atoms with van der Waals surface area (Å²) in [6.45, 7) is 0. The number of hydrogen-bond acceptors (Lipinski definition) is 3. The predicted molar refractivity (Wildman–Crippen MR) is 53.9 cm³/mol. The second-order valence-corrected chi connectivity index (χ2v) is 3.28. The van der Waals surface area contributed by atoms with Crippen LogP contribution in [0, 0.1) is 0 Å². The lowest BCUT2D eigenvalue weighted by Gasteiger charge is -2.00. The van der Waals surface area contributed by atoms with Crippen molar-refractivity contribution >= 4 is 17.6 Å². The lowest BCUT2D eigenvalue weighted by molar-refractivity contribution is 0.0697. The van der Waals surface area contributed by atoms with E-state index in [9.17, 15) is 4.79 Å². The van der Waals surface area contributed by atoms with Gasteiger partial charge in [-0.2, -0.15) is 0 Å². The van der Waals surface area contributed by atoms with Crippen molar-refractivity contribution in [3.8, 4) is 11.3 Å². The van der Waals surface area contributed by atoms with Gasteiger partial charge in [0.05, 0.1) is 10.6 Å². The number of carboxylic acids is 1. The zero-order valence-corrected chi connectivity index (χ0v) is 8.23. The molecule has 0 aliphatic heterocycles. The summed E-state index contributed by atoms with van der Waals surface area (Å²) in [5.41, 5.74) is 1.29. The number of nitrogens with zero attached hydrogens (tertiary/aromatic N) is 1. The summed E-state index contributed by atoms with van der Waals surface area (Å²) in [4.78, 5) is 14.7. The van der Waals surface area contributed by atoms with Gasteiger partial charge in [0.15, 0.2) is 6.39 Å². The molecule has 4 nitrogen and oxygen atoms in total. The number of aromatic nitrogens is 1. The van der Waals surface area contributed by atoms with Gasteiger partial charge in [-0.1, -0.05) is 17.7 Å². The number of rotatable bonds is 2. The van der Waals surface area contributed by atoms with E-state index in [1.54, 1.807) is 6.07 Å². The van der Waals surface area contributed by atoms with Crippen LogP contribution in [0.2, 0.25) is 5.02 Å². The van der Waals surface area contributed by atoms with Crippen LogP contribution >= 0.6 is 11.6 Å². The molecule has 76 valence electrons. The monoisotopic (exact) mass is 223 g/mol. The smallest absolute Gasteiger partial charge is 0.337 e. The minimum atomic E-state index is -1.06. The van der Waals surface area contributed by atoms with Gasteiger partial charge in [-0.3, -0.25) is 0 Å². The zero-order chi connectivity index (χ0) is 10.8. The maximum atomic E-state index is 10.8. The molecule has 0 bridgehead atoms. The van der Waals surface area contributed by atoms with Crippen molar-refractivity contribution in [3.63, 3.8) is 0 Å². The quantitative estimate of drug-likeness (QED) is 0.850. The molecule has 0 aliphatic carbocycles. The van der Waals surface area contributed by atoms with E-state index < -0.39 is 5.97 Å². The van der Waals surface area contributed by atoms with E-state index in [4.69, 9.17) is 21.1 Å². The summed E-state index contributed by atoms with van der Waals surface area (Å²) in [6, 6.07) is 4.67. The van der Waals surface area contributed by atoms with Crippen LogP contribution in [0.3, 0.4) is 0 Å². The lowest BCUT2D eigenvalue weighted by atomic mass is 10.1. The molecule has 2 rings (SSSR count). The zero-order valence-electron chi connectivity index (χ0n) is 7.48. The molecule has 0 radical (unpaired) electrons. The molecule has 0 unspecified atom stereocenters. The number of benzene rings is 1. The fourth-order valence-electron chi connectivity index (χ4n) is 1.20. The van der Waals surface area contributed by atoms with E-state index in [0.29, 0.717) is 11.3 Å². The molecular formula is C10H6ClNO3. The Morgan fingerprint density at radius 2 is 2.27 bits per heavy atom. The van der Waals surface area contributed by atoms with Crippen molar-refractivity contribution in [2.75, 3.05) is 0 Å². The van der Waals surface area contributed by atoms with Crippen LogP contribution in [-0.2, 0) is 0 Å². The van der Waals surface area contributed by atoms with E-state index in [2.05, 4.69) is 4.98 Å². The largest absolute Gasteiger partial charge is 0.478 e. The van der Waals surface area contributed by atoms with Gasteiger partial charge in [-0.05, 0) is 12.1 Å². The van der Waals surface area contributed by atoms with Crippen LogP contribution in [0.5, 0.6) is 0 Å². The van der Waals surface area contributed by atoms with E-state index in [1.807, 2.05) is 0 Å². The Balaban J connectivity index is 2.52. The normalized spacial score (nSPS) is 10.2. The third-order valence-corrected chi connectivity index (χ3v) is 2.25. The van der Waals surface area contributed by atoms with Crippen molar-refractivity contribution in [3.05, 3.63) is 41.4 Å². The second kappa shape index (κ2) is 3.74. The maximum Gasteiger partial charge on any atom is 0.337 e. The highest BCUT2D eigenvalue weighted by molar-refractivity contribution is 6.33. The highest BCUT2D eigenvalue weighted by Gasteiger charge is 2.11. The molecule has 1 N–H and O–H groups in total. The molecule has 5 heteroatoms. The Labute approximate surface area is 90.1 Å². The minimum absolute atomic E-state index is 0.0529. The van der Waals surface area contributed by atoms with Gasteiger partial charge in [0.1, 0.15) is 12.0 Å². The first kappa shape index (κ1) is 9.73. The van der Waals surface area contributed by atoms with Gasteiger partial charge in [-0.25, -0.2) is 9.78 Å². The van der Waals surface area contributed by atoms with E-state index >= 15 is 0 Å². The fraction of sp³-hybridized carbons (Fsp3) is 0. The van der Waals surface area contributed by atoms with Gasteiger partial charge in [0, 0.05) is 5.56 Å². The van der Waals surface area contributed by atoms with Gasteiger partial charge >= 0.3 is 5.97 Å². The first-order chi connectivity index (χ1) is 7.18. The summed E-state index contributed by atoms with van der Waals surface area (Å²) in [5.74, 6) is -1.06. The molecular weight excluding hydrogens is 218 g/mol. The number of oxazole rings is 1. The third-order valence-electron chi connectivity index (χ3n) is 1.92. The Kier molecular flexibility index (Phi) is 2.43. The predicted octanol–water partition coefficient (Wildman–Crippen LogP) is 2.69. The topological polar surface area (TPSA) is 63.3 Å². The number of hydrogen-bond donors (Lipinski definition) is 1. The average molecular weight is 224 g/mol.